The van der Waals surface area contributed by atoms with Gasteiger partial charge in [0, 0.05) is 39.1 Å². The number of carbonyl (C=O) groups is 2. The molecule has 3 amide bonds. The van der Waals surface area contributed by atoms with Crippen LogP contribution in [0.1, 0.15) is 30.4 Å². The number of hydrogen-bond acceptors (Lipinski definition) is 2. The van der Waals surface area contributed by atoms with Crippen molar-refractivity contribution in [3.8, 4) is 0 Å². The first-order valence-electron chi connectivity index (χ1n) is 9.95. The molecule has 0 saturated carbocycles. The Kier molecular flexibility index (Phi) is 6.69. The van der Waals surface area contributed by atoms with Gasteiger partial charge < -0.3 is 15.1 Å². The fourth-order valence-electron chi connectivity index (χ4n) is 3.92. The molecule has 28 heavy (non-hydrogen) atoms. The summed E-state index contributed by atoms with van der Waals surface area (Å²) in [5.41, 5.74) is 2.29. The lowest BCUT2D eigenvalue weighted by Gasteiger charge is -2.38. The third-order valence-corrected chi connectivity index (χ3v) is 5.32. The Labute approximate surface area is 167 Å². The van der Waals surface area contributed by atoms with Crippen molar-refractivity contribution in [3.05, 3.63) is 71.8 Å². The Hall–Kier alpha value is -2.82. The number of likely N-dealkylation sites (tertiary alicyclic amines) is 1. The van der Waals surface area contributed by atoms with Crippen LogP contribution in [0.5, 0.6) is 0 Å². The van der Waals surface area contributed by atoms with Crippen LogP contribution in [0.15, 0.2) is 60.7 Å². The molecule has 2 aromatic carbocycles. The molecule has 3 rings (SSSR count). The van der Waals surface area contributed by atoms with Crippen molar-refractivity contribution < 1.29 is 9.59 Å². The first kappa shape index (κ1) is 19.9. The maximum absolute atomic E-state index is 13.2. The van der Waals surface area contributed by atoms with Crippen LogP contribution in [0.3, 0.4) is 0 Å². The zero-order valence-corrected chi connectivity index (χ0v) is 16.7. The number of amides is 3. The summed E-state index contributed by atoms with van der Waals surface area (Å²) >= 11 is 0. The van der Waals surface area contributed by atoms with Gasteiger partial charge in [0.25, 0.3) is 0 Å². The summed E-state index contributed by atoms with van der Waals surface area (Å²) < 4.78 is 0. The molecule has 0 bridgehead atoms. The molecule has 5 heteroatoms. The van der Waals surface area contributed by atoms with E-state index in [-0.39, 0.29) is 23.8 Å². The van der Waals surface area contributed by atoms with Crippen LogP contribution >= 0.6 is 0 Å². The Morgan fingerprint density at radius 3 is 2.32 bits per heavy atom. The number of hydrogen-bond donors (Lipinski definition) is 1. The van der Waals surface area contributed by atoms with Crippen molar-refractivity contribution in [1.29, 1.82) is 0 Å². The van der Waals surface area contributed by atoms with Gasteiger partial charge in [0.2, 0.25) is 5.91 Å². The SMILES string of the molecule is CCNC(=O)N1CC(C(=O)N(C)Cc2ccccc2)CC(c2ccccc2)C1. The third-order valence-electron chi connectivity index (χ3n) is 5.32. The smallest absolute Gasteiger partial charge is 0.317 e. The predicted octanol–water partition coefficient (Wildman–Crippen LogP) is 3.48. The molecule has 1 aliphatic heterocycles. The molecule has 0 radical (unpaired) electrons. The van der Waals surface area contributed by atoms with Crippen LogP contribution in [-0.2, 0) is 11.3 Å². The van der Waals surface area contributed by atoms with Gasteiger partial charge in [-0.2, -0.15) is 0 Å². The molecule has 1 saturated heterocycles. The summed E-state index contributed by atoms with van der Waals surface area (Å²) in [4.78, 5) is 29.2. The van der Waals surface area contributed by atoms with Gasteiger partial charge in [-0.05, 0) is 24.5 Å². The summed E-state index contributed by atoms with van der Waals surface area (Å²) in [6.45, 7) is 4.17. The second-order valence-electron chi connectivity index (χ2n) is 7.46. The molecule has 0 spiro atoms. The minimum absolute atomic E-state index is 0.0911. The van der Waals surface area contributed by atoms with Crippen molar-refractivity contribution in [2.75, 3.05) is 26.7 Å². The average molecular weight is 380 g/mol. The zero-order valence-electron chi connectivity index (χ0n) is 16.7. The summed E-state index contributed by atoms with van der Waals surface area (Å²) in [6, 6.07) is 20.1. The first-order valence-corrected chi connectivity index (χ1v) is 9.95. The van der Waals surface area contributed by atoms with Gasteiger partial charge in [0.15, 0.2) is 0 Å². The minimum atomic E-state index is -0.199. The fraction of sp³-hybridized carbons (Fsp3) is 0.391. The van der Waals surface area contributed by atoms with Crippen LogP contribution < -0.4 is 5.32 Å². The molecule has 148 valence electrons. The first-order chi connectivity index (χ1) is 13.6. The average Bonchev–Trinajstić information content (AvgIpc) is 2.74. The standard InChI is InChI=1S/C23H29N3O2/c1-3-24-23(28)26-16-20(19-12-8-5-9-13-19)14-21(17-26)22(27)25(2)15-18-10-6-4-7-11-18/h4-13,20-21H,3,14-17H2,1-2H3,(H,24,28). The highest BCUT2D eigenvalue weighted by Gasteiger charge is 2.35. The molecule has 2 unspecified atom stereocenters. The molecule has 1 N–H and O–H groups in total. The number of nitrogens with zero attached hydrogens (tertiary/aromatic N) is 2. The highest BCUT2D eigenvalue weighted by molar-refractivity contribution is 5.81. The molecule has 1 fully saturated rings. The van der Waals surface area contributed by atoms with Crippen molar-refractivity contribution >= 4 is 11.9 Å². The monoisotopic (exact) mass is 379 g/mol. The normalized spacial score (nSPS) is 19.1. The van der Waals surface area contributed by atoms with E-state index in [1.807, 2.05) is 62.5 Å². The summed E-state index contributed by atoms with van der Waals surface area (Å²) in [5, 5.41) is 2.88. The Morgan fingerprint density at radius 1 is 1.04 bits per heavy atom. The van der Waals surface area contributed by atoms with Crippen LogP contribution in [0, 0.1) is 5.92 Å². The van der Waals surface area contributed by atoms with E-state index in [1.165, 1.54) is 5.56 Å². The Bertz CT molecular complexity index is 779. The van der Waals surface area contributed by atoms with Crippen molar-refractivity contribution in [2.45, 2.75) is 25.8 Å². The number of benzene rings is 2. The lowest BCUT2D eigenvalue weighted by Crippen LogP contribution is -2.51. The summed E-state index contributed by atoms with van der Waals surface area (Å²) in [5.74, 6) is 0.0608. The Balaban J connectivity index is 1.75. The van der Waals surface area contributed by atoms with E-state index < -0.39 is 0 Å². The van der Waals surface area contributed by atoms with Crippen LogP contribution in [0.2, 0.25) is 0 Å². The van der Waals surface area contributed by atoms with Gasteiger partial charge in [-0.1, -0.05) is 60.7 Å². The largest absolute Gasteiger partial charge is 0.341 e. The van der Waals surface area contributed by atoms with E-state index in [2.05, 4.69) is 17.4 Å². The van der Waals surface area contributed by atoms with Gasteiger partial charge in [-0.15, -0.1) is 0 Å². The quantitative estimate of drug-likeness (QED) is 0.865. The van der Waals surface area contributed by atoms with Crippen LogP contribution in [-0.4, -0.2) is 48.4 Å². The molecule has 2 atom stereocenters. The molecule has 0 aromatic heterocycles. The van der Waals surface area contributed by atoms with Crippen LogP contribution in [0.4, 0.5) is 4.79 Å². The molecule has 2 aromatic rings. The van der Waals surface area contributed by atoms with E-state index in [0.717, 1.165) is 12.0 Å². The fourth-order valence-corrected chi connectivity index (χ4v) is 3.92. The minimum Gasteiger partial charge on any atom is -0.341 e. The second-order valence-corrected chi connectivity index (χ2v) is 7.46. The molecule has 5 nitrogen and oxygen atoms in total. The van der Waals surface area contributed by atoms with Gasteiger partial charge in [0.05, 0.1) is 5.92 Å². The van der Waals surface area contributed by atoms with Gasteiger partial charge in [-0.3, -0.25) is 4.79 Å². The van der Waals surface area contributed by atoms with Crippen LogP contribution in [0.25, 0.3) is 0 Å². The number of urea groups is 1. The van der Waals surface area contributed by atoms with Crippen molar-refractivity contribution in [3.63, 3.8) is 0 Å². The number of nitrogens with one attached hydrogen (secondary N) is 1. The molecule has 1 aliphatic rings. The third kappa shape index (κ3) is 4.91. The number of carbonyl (C=O) groups excluding carboxylic acids is 2. The zero-order chi connectivity index (χ0) is 19.9. The lowest BCUT2D eigenvalue weighted by molar-refractivity contribution is -0.136. The molecular weight excluding hydrogens is 350 g/mol. The highest BCUT2D eigenvalue weighted by Crippen LogP contribution is 2.31. The van der Waals surface area contributed by atoms with Gasteiger partial charge in [0.1, 0.15) is 0 Å². The van der Waals surface area contributed by atoms with E-state index in [9.17, 15) is 9.59 Å². The summed E-state index contributed by atoms with van der Waals surface area (Å²) in [7, 11) is 1.85. The molecule has 1 heterocycles. The van der Waals surface area contributed by atoms with E-state index in [1.54, 1.807) is 9.80 Å². The van der Waals surface area contributed by atoms with E-state index in [0.29, 0.717) is 26.2 Å². The van der Waals surface area contributed by atoms with E-state index in [4.69, 9.17) is 0 Å². The second kappa shape index (κ2) is 9.40. The highest BCUT2D eigenvalue weighted by atomic mass is 16.2. The van der Waals surface area contributed by atoms with Crippen molar-refractivity contribution in [1.82, 2.24) is 15.1 Å². The maximum Gasteiger partial charge on any atom is 0.317 e. The van der Waals surface area contributed by atoms with Gasteiger partial charge in [-0.25, -0.2) is 4.79 Å². The Morgan fingerprint density at radius 2 is 1.68 bits per heavy atom. The number of piperidine rings is 1. The van der Waals surface area contributed by atoms with Crippen molar-refractivity contribution in [2.24, 2.45) is 5.92 Å². The number of rotatable bonds is 5. The summed E-state index contributed by atoms with van der Waals surface area (Å²) in [6.07, 6.45) is 0.762. The topological polar surface area (TPSA) is 52.7 Å². The van der Waals surface area contributed by atoms with E-state index >= 15 is 0 Å². The lowest BCUT2D eigenvalue weighted by atomic mass is 9.84. The predicted molar refractivity (Wildman–Crippen MR) is 111 cm³/mol. The van der Waals surface area contributed by atoms with Gasteiger partial charge >= 0.3 is 6.03 Å². The molecule has 0 aliphatic carbocycles. The maximum atomic E-state index is 13.2. The molecular formula is C23H29N3O2.